The molecule has 2 heterocycles. The Morgan fingerprint density at radius 2 is 1.04 bits per heavy atom. The number of fused-ring (bicyclic) bond motifs is 4. The molecule has 56 heavy (non-hydrogen) atoms. The van der Waals surface area contributed by atoms with Gasteiger partial charge in [-0.05, 0) is 102 Å². The zero-order valence-corrected chi connectivity index (χ0v) is 32.2. The van der Waals surface area contributed by atoms with Crippen LogP contribution in [0.15, 0.2) is 213 Å². The van der Waals surface area contributed by atoms with Crippen LogP contribution in [0.2, 0.25) is 0 Å². The van der Waals surface area contributed by atoms with Crippen molar-refractivity contribution in [1.82, 2.24) is 14.1 Å². The first-order chi connectivity index (χ1) is 27.6. The van der Waals surface area contributed by atoms with Gasteiger partial charge in [-0.15, -0.1) is 6.58 Å². The molecule has 274 valence electrons. The summed E-state index contributed by atoms with van der Waals surface area (Å²) in [5, 5.41) is 2.51. The summed E-state index contributed by atoms with van der Waals surface area (Å²) in [4.78, 5) is 5.10. The minimum absolute atomic E-state index is 0.936. The Hall–Kier alpha value is -6.97. The Labute approximate surface area is 330 Å². The topological polar surface area (TPSA) is 22.8 Å². The lowest BCUT2D eigenvalue weighted by Crippen LogP contribution is -1.97. The van der Waals surface area contributed by atoms with E-state index in [9.17, 15) is 0 Å². The lowest BCUT2D eigenvalue weighted by Gasteiger charge is -2.11. The van der Waals surface area contributed by atoms with Gasteiger partial charge in [-0.1, -0.05) is 153 Å². The second kappa shape index (κ2) is 17.9. The van der Waals surface area contributed by atoms with Crippen molar-refractivity contribution in [3.8, 4) is 45.0 Å². The lowest BCUT2D eigenvalue weighted by molar-refractivity contribution is 0.961. The average molecular weight is 726 g/mol. The van der Waals surface area contributed by atoms with Crippen LogP contribution in [0.3, 0.4) is 0 Å². The standard InChI is InChI=1S/C43H29N3.C5H10.C5H8/c1-3-17-35(18-4-1)45-40-23-9-7-21-37(40)38-29-33(25-26-41(38)45)31-14-11-13-30(27-31)32-15-12-16-34(28-32)43-44-39-22-8-10-24-42(39)46(43)36-19-5-2-6-20-36;2*1-3-5-4-2/h1-29H;3H,1,4-5H2,2H3;3-5H,1H2,2H3/b;;5-4-. The Balaban J connectivity index is 0.000000431. The molecule has 9 aromatic rings. The monoisotopic (exact) mass is 725 g/mol. The minimum atomic E-state index is 0.936. The maximum absolute atomic E-state index is 5.10. The van der Waals surface area contributed by atoms with Crippen LogP contribution in [0.1, 0.15) is 26.7 Å². The van der Waals surface area contributed by atoms with Crippen molar-refractivity contribution in [2.75, 3.05) is 0 Å². The molecule has 3 nitrogen and oxygen atoms in total. The molecule has 3 heteroatoms. The molecule has 0 bridgehead atoms. The van der Waals surface area contributed by atoms with Crippen molar-refractivity contribution >= 4 is 32.8 Å². The molecule has 0 fully saturated rings. The average Bonchev–Trinajstić information content (AvgIpc) is 3.82. The normalized spacial score (nSPS) is 10.9. The highest BCUT2D eigenvalue weighted by Crippen LogP contribution is 2.37. The number of nitrogens with zero attached hydrogens (tertiary/aromatic N) is 3. The Bertz CT molecular complexity index is 2750. The number of para-hydroxylation sites is 5. The summed E-state index contributed by atoms with van der Waals surface area (Å²) in [6.45, 7) is 11.1. The zero-order valence-electron chi connectivity index (χ0n) is 32.2. The van der Waals surface area contributed by atoms with Crippen molar-refractivity contribution in [2.45, 2.75) is 26.7 Å². The Morgan fingerprint density at radius 3 is 1.62 bits per heavy atom. The van der Waals surface area contributed by atoms with Crippen LogP contribution in [0.4, 0.5) is 0 Å². The predicted molar refractivity (Wildman–Crippen MR) is 242 cm³/mol. The first-order valence-electron chi connectivity index (χ1n) is 19.3. The molecule has 0 N–H and O–H groups in total. The Morgan fingerprint density at radius 1 is 0.500 bits per heavy atom. The number of imidazole rings is 1. The molecular weight excluding hydrogens is 679 g/mol. The maximum atomic E-state index is 5.10. The Kier molecular flexibility index (Phi) is 11.9. The smallest absolute Gasteiger partial charge is 0.145 e. The van der Waals surface area contributed by atoms with E-state index in [0.29, 0.717) is 0 Å². The summed E-state index contributed by atoms with van der Waals surface area (Å²) >= 11 is 0. The SMILES string of the molecule is C=C/C=C\C.C=CCCC.c1ccc(-n2c(-c3cccc(-c4cccc(-c5ccc6c(c5)c5ccccc5n6-c5ccccc5)c4)c3)nc3ccccc32)cc1. The van der Waals surface area contributed by atoms with E-state index < -0.39 is 0 Å². The van der Waals surface area contributed by atoms with Gasteiger partial charge in [-0.3, -0.25) is 4.57 Å². The highest BCUT2D eigenvalue weighted by Gasteiger charge is 2.16. The van der Waals surface area contributed by atoms with Crippen molar-refractivity contribution in [2.24, 2.45) is 0 Å². The third kappa shape index (κ3) is 7.94. The molecule has 0 unspecified atom stereocenters. The number of aromatic nitrogens is 3. The van der Waals surface area contributed by atoms with Crippen LogP contribution in [-0.2, 0) is 0 Å². The quantitative estimate of drug-likeness (QED) is 0.113. The fourth-order valence-corrected chi connectivity index (χ4v) is 7.12. The molecule has 7 aromatic carbocycles. The second-order valence-electron chi connectivity index (χ2n) is 13.5. The van der Waals surface area contributed by atoms with Gasteiger partial charge >= 0.3 is 0 Å². The van der Waals surface area contributed by atoms with Gasteiger partial charge in [0.25, 0.3) is 0 Å². The van der Waals surface area contributed by atoms with Crippen molar-refractivity contribution in [3.63, 3.8) is 0 Å². The largest absolute Gasteiger partial charge is 0.309 e. The summed E-state index contributed by atoms with van der Waals surface area (Å²) in [6.07, 6.45) is 9.89. The van der Waals surface area contributed by atoms with Gasteiger partial charge in [-0.2, -0.15) is 0 Å². The lowest BCUT2D eigenvalue weighted by atomic mass is 9.97. The fraction of sp³-hybridized carbons (Fsp3) is 0.0755. The third-order valence-electron chi connectivity index (χ3n) is 9.73. The molecule has 0 radical (unpaired) electrons. The van der Waals surface area contributed by atoms with Crippen molar-refractivity contribution in [3.05, 3.63) is 213 Å². The van der Waals surface area contributed by atoms with E-state index >= 15 is 0 Å². The van der Waals surface area contributed by atoms with Gasteiger partial charge in [0, 0.05) is 27.7 Å². The number of hydrogen-bond acceptors (Lipinski definition) is 1. The van der Waals surface area contributed by atoms with Crippen LogP contribution >= 0.6 is 0 Å². The highest BCUT2D eigenvalue weighted by atomic mass is 15.1. The van der Waals surface area contributed by atoms with E-state index in [1.54, 1.807) is 6.08 Å². The van der Waals surface area contributed by atoms with Gasteiger partial charge in [0.15, 0.2) is 0 Å². The first-order valence-corrected chi connectivity index (χ1v) is 19.3. The van der Waals surface area contributed by atoms with E-state index in [2.05, 4.69) is 199 Å². The predicted octanol–water partition coefficient (Wildman–Crippen LogP) is 14.8. The highest BCUT2D eigenvalue weighted by molar-refractivity contribution is 6.10. The van der Waals surface area contributed by atoms with Crippen LogP contribution in [0.5, 0.6) is 0 Å². The van der Waals surface area contributed by atoms with Crippen molar-refractivity contribution < 1.29 is 0 Å². The molecule has 0 aliphatic rings. The number of rotatable bonds is 8. The van der Waals surface area contributed by atoms with E-state index in [-0.39, 0.29) is 0 Å². The minimum Gasteiger partial charge on any atom is -0.309 e. The van der Waals surface area contributed by atoms with Gasteiger partial charge in [0.05, 0.1) is 22.1 Å². The van der Waals surface area contributed by atoms with E-state index in [0.717, 1.165) is 40.1 Å². The number of benzene rings is 7. The summed E-state index contributed by atoms with van der Waals surface area (Å²) in [5.41, 5.74) is 12.6. The fourth-order valence-electron chi connectivity index (χ4n) is 7.12. The van der Waals surface area contributed by atoms with Gasteiger partial charge in [0.2, 0.25) is 0 Å². The molecule has 0 saturated carbocycles. The summed E-state index contributed by atoms with van der Waals surface area (Å²) in [5.74, 6) is 0.936. The molecule has 0 amide bonds. The molecule has 0 aliphatic heterocycles. The van der Waals surface area contributed by atoms with Gasteiger partial charge in [-0.25, -0.2) is 4.98 Å². The molecule has 9 rings (SSSR count). The van der Waals surface area contributed by atoms with Gasteiger partial charge in [0.1, 0.15) is 5.82 Å². The zero-order chi connectivity index (χ0) is 38.7. The maximum Gasteiger partial charge on any atom is 0.145 e. The second-order valence-corrected chi connectivity index (χ2v) is 13.5. The molecule has 0 atom stereocenters. The van der Waals surface area contributed by atoms with E-state index in [4.69, 9.17) is 4.98 Å². The number of allylic oxidation sites excluding steroid dienone is 4. The first kappa shape index (κ1) is 37.3. The molecular formula is C53H47N3. The van der Waals surface area contributed by atoms with Crippen LogP contribution < -0.4 is 0 Å². The van der Waals surface area contributed by atoms with Gasteiger partial charge < -0.3 is 4.57 Å². The molecule has 0 aliphatic carbocycles. The number of unbranched alkanes of at least 4 members (excludes halogenated alkanes) is 1. The van der Waals surface area contributed by atoms with E-state index in [1.807, 2.05) is 31.2 Å². The van der Waals surface area contributed by atoms with Crippen LogP contribution in [0.25, 0.3) is 77.9 Å². The molecule has 2 aromatic heterocycles. The summed E-state index contributed by atoms with van der Waals surface area (Å²) < 4.78 is 4.62. The van der Waals surface area contributed by atoms with Crippen molar-refractivity contribution in [1.29, 1.82) is 0 Å². The van der Waals surface area contributed by atoms with Crippen LogP contribution in [0, 0.1) is 0 Å². The molecule has 0 saturated heterocycles. The number of hydrogen-bond donors (Lipinski definition) is 0. The summed E-state index contributed by atoms with van der Waals surface area (Å²) in [7, 11) is 0. The molecule has 0 spiro atoms. The van der Waals surface area contributed by atoms with E-state index in [1.165, 1.54) is 50.6 Å². The van der Waals surface area contributed by atoms with Crippen LogP contribution in [-0.4, -0.2) is 14.1 Å². The third-order valence-corrected chi connectivity index (χ3v) is 9.73. The summed E-state index contributed by atoms with van der Waals surface area (Å²) in [6, 6.07) is 62.6.